The van der Waals surface area contributed by atoms with Gasteiger partial charge in [-0.15, -0.1) is 0 Å². The van der Waals surface area contributed by atoms with Crippen LogP contribution < -0.4 is 15.6 Å². The van der Waals surface area contributed by atoms with Crippen LogP contribution in [0.2, 0.25) is 0 Å². The van der Waals surface area contributed by atoms with E-state index in [0.29, 0.717) is 18.3 Å². The van der Waals surface area contributed by atoms with Crippen molar-refractivity contribution in [2.75, 3.05) is 25.6 Å². The molecule has 0 aromatic carbocycles. The molecule has 102 valence electrons. The maximum Gasteiger partial charge on any atom is 0.295 e. The third-order valence-electron chi connectivity index (χ3n) is 2.81. The predicted molar refractivity (Wildman–Crippen MR) is 70.0 cm³/mol. The zero-order valence-corrected chi connectivity index (χ0v) is 10.9. The number of aliphatic hydroxyl groups excluding tert-OH is 1. The standard InChI is InChI=1S/C12H21N3O3/c1-3-4-9(5-6-16)7-13-11-10(18-2)12(17)15-8-14-11/h8-9,16H,3-7H2,1-2H3,(H2,13,14,15,17). The first-order chi connectivity index (χ1) is 8.72. The quantitative estimate of drug-likeness (QED) is 0.645. The number of rotatable bonds is 8. The Kier molecular flexibility index (Phi) is 6.21. The SMILES string of the molecule is CCCC(CCO)CNc1nc[nH]c(=O)c1OC. The molecule has 1 atom stereocenters. The van der Waals surface area contributed by atoms with Crippen LogP contribution in [0.1, 0.15) is 26.2 Å². The first kappa shape index (κ1) is 14.5. The van der Waals surface area contributed by atoms with E-state index in [1.54, 1.807) is 0 Å². The fraction of sp³-hybridized carbons (Fsp3) is 0.667. The number of H-pyrrole nitrogens is 1. The molecule has 0 aliphatic rings. The summed E-state index contributed by atoms with van der Waals surface area (Å²) in [5, 5.41) is 12.1. The summed E-state index contributed by atoms with van der Waals surface area (Å²) < 4.78 is 5.01. The molecule has 0 aliphatic heterocycles. The molecule has 1 rings (SSSR count). The molecular weight excluding hydrogens is 234 g/mol. The van der Waals surface area contributed by atoms with E-state index in [1.165, 1.54) is 13.4 Å². The minimum absolute atomic E-state index is 0.173. The number of nitrogens with zero attached hydrogens (tertiary/aromatic N) is 1. The number of aromatic amines is 1. The van der Waals surface area contributed by atoms with Crippen molar-refractivity contribution in [1.29, 1.82) is 0 Å². The van der Waals surface area contributed by atoms with Crippen LogP contribution in [-0.2, 0) is 0 Å². The average Bonchev–Trinajstić information content (AvgIpc) is 2.36. The summed E-state index contributed by atoms with van der Waals surface area (Å²) >= 11 is 0. The lowest BCUT2D eigenvalue weighted by molar-refractivity contribution is 0.255. The summed E-state index contributed by atoms with van der Waals surface area (Å²) in [4.78, 5) is 18.0. The molecular formula is C12H21N3O3. The van der Waals surface area contributed by atoms with Gasteiger partial charge >= 0.3 is 0 Å². The Morgan fingerprint density at radius 1 is 1.56 bits per heavy atom. The highest BCUT2D eigenvalue weighted by molar-refractivity contribution is 5.47. The van der Waals surface area contributed by atoms with Gasteiger partial charge in [-0.05, 0) is 18.8 Å². The van der Waals surface area contributed by atoms with Crippen molar-refractivity contribution in [3.8, 4) is 5.75 Å². The molecule has 6 heteroatoms. The van der Waals surface area contributed by atoms with Gasteiger partial charge in [-0.2, -0.15) is 0 Å². The highest BCUT2D eigenvalue weighted by Crippen LogP contribution is 2.17. The molecule has 0 aliphatic carbocycles. The molecule has 1 unspecified atom stereocenters. The highest BCUT2D eigenvalue weighted by Gasteiger charge is 2.11. The van der Waals surface area contributed by atoms with E-state index in [4.69, 9.17) is 9.84 Å². The van der Waals surface area contributed by atoms with Gasteiger partial charge in [0.2, 0.25) is 5.75 Å². The predicted octanol–water partition coefficient (Wildman–Crippen LogP) is 0.989. The van der Waals surface area contributed by atoms with Crippen LogP contribution in [0, 0.1) is 5.92 Å². The minimum Gasteiger partial charge on any atom is -0.489 e. The molecule has 1 aromatic heterocycles. The summed E-state index contributed by atoms with van der Waals surface area (Å²) in [6, 6.07) is 0. The Morgan fingerprint density at radius 2 is 2.33 bits per heavy atom. The van der Waals surface area contributed by atoms with Gasteiger partial charge < -0.3 is 20.1 Å². The van der Waals surface area contributed by atoms with E-state index < -0.39 is 0 Å². The molecule has 3 N–H and O–H groups in total. The van der Waals surface area contributed by atoms with Crippen LogP contribution in [0.25, 0.3) is 0 Å². The second-order valence-corrected chi connectivity index (χ2v) is 4.16. The van der Waals surface area contributed by atoms with Crippen molar-refractivity contribution in [2.24, 2.45) is 5.92 Å². The molecule has 0 fully saturated rings. The molecule has 0 radical (unpaired) electrons. The van der Waals surface area contributed by atoms with Gasteiger partial charge in [0, 0.05) is 13.2 Å². The third-order valence-corrected chi connectivity index (χ3v) is 2.81. The smallest absolute Gasteiger partial charge is 0.295 e. The summed E-state index contributed by atoms with van der Waals surface area (Å²) in [6.45, 7) is 2.95. The van der Waals surface area contributed by atoms with E-state index in [2.05, 4.69) is 22.2 Å². The summed E-state index contributed by atoms with van der Waals surface area (Å²) in [7, 11) is 1.44. The molecule has 0 bridgehead atoms. The molecule has 0 saturated carbocycles. The Bertz CT molecular complexity index is 400. The Balaban J connectivity index is 2.66. The lowest BCUT2D eigenvalue weighted by Crippen LogP contribution is -2.19. The number of aliphatic hydroxyl groups is 1. The molecule has 18 heavy (non-hydrogen) atoms. The number of methoxy groups -OCH3 is 1. The number of ether oxygens (including phenoxy) is 1. The molecule has 1 heterocycles. The van der Waals surface area contributed by atoms with Crippen molar-refractivity contribution in [1.82, 2.24) is 9.97 Å². The van der Waals surface area contributed by atoms with E-state index in [1.807, 2.05) is 0 Å². The minimum atomic E-state index is -0.302. The number of aromatic nitrogens is 2. The van der Waals surface area contributed by atoms with Crippen LogP contribution in [0.5, 0.6) is 5.75 Å². The average molecular weight is 255 g/mol. The molecule has 0 saturated heterocycles. The lowest BCUT2D eigenvalue weighted by Gasteiger charge is -2.16. The van der Waals surface area contributed by atoms with Crippen LogP contribution in [-0.4, -0.2) is 35.3 Å². The first-order valence-corrected chi connectivity index (χ1v) is 6.19. The fourth-order valence-corrected chi connectivity index (χ4v) is 1.88. The van der Waals surface area contributed by atoms with Gasteiger partial charge in [-0.25, -0.2) is 4.98 Å². The van der Waals surface area contributed by atoms with Crippen molar-refractivity contribution in [3.63, 3.8) is 0 Å². The lowest BCUT2D eigenvalue weighted by atomic mass is 10.0. The molecule has 0 amide bonds. The molecule has 0 spiro atoms. The van der Waals surface area contributed by atoms with E-state index in [0.717, 1.165) is 19.3 Å². The first-order valence-electron chi connectivity index (χ1n) is 6.19. The van der Waals surface area contributed by atoms with E-state index >= 15 is 0 Å². The van der Waals surface area contributed by atoms with Crippen molar-refractivity contribution >= 4 is 5.82 Å². The van der Waals surface area contributed by atoms with Gasteiger partial charge in [0.1, 0.15) is 0 Å². The summed E-state index contributed by atoms with van der Waals surface area (Å²) in [5.74, 6) is 1.00. The van der Waals surface area contributed by atoms with Crippen LogP contribution in [0.15, 0.2) is 11.1 Å². The number of nitrogens with one attached hydrogen (secondary N) is 2. The van der Waals surface area contributed by atoms with Gasteiger partial charge in [0.05, 0.1) is 13.4 Å². The maximum atomic E-state index is 11.5. The fourth-order valence-electron chi connectivity index (χ4n) is 1.88. The van der Waals surface area contributed by atoms with Crippen LogP contribution in [0.4, 0.5) is 5.82 Å². The summed E-state index contributed by atoms with van der Waals surface area (Å²) in [5.41, 5.74) is -0.302. The Morgan fingerprint density at radius 3 is 2.94 bits per heavy atom. The monoisotopic (exact) mass is 255 g/mol. The van der Waals surface area contributed by atoms with Crippen LogP contribution >= 0.6 is 0 Å². The molecule has 6 nitrogen and oxygen atoms in total. The van der Waals surface area contributed by atoms with Crippen molar-refractivity contribution < 1.29 is 9.84 Å². The number of anilines is 1. The topological polar surface area (TPSA) is 87.2 Å². The normalized spacial score (nSPS) is 12.2. The van der Waals surface area contributed by atoms with Crippen molar-refractivity contribution in [2.45, 2.75) is 26.2 Å². The van der Waals surface area contributed by atoms with Gasteiger partial charge in [-0.3, -0.25) is 4.79 Å². The number of hydrogen-bond donors (Lipinski definition) is 3. The van der Waals surface area contributed by atoms with Gasteiger partial charge in [0.25, 0.3) is 5.56 Å². The van der Waals surface area contributed by atoms with Gasteiger partial charge in [0.15, 0.2) is 5.82 Å². The largest absolute Gasteiger partial charge is 0.489 e. The second kappa shape index (κ2) is 7.71. The van der Waals surface area contributed by atoms with E-state index in [-0.39, 0.29) is 17.9 Å². The maximum absolute atomic E-state index is 11.5. The zero-order chi connectivity index (χ0) is 13.4. The molecule has 1 aromatic rings. The van der Waals surface area contributed by atoms with Gasteiger partial charge in [-0.1, -0.05) is 13.3 Å². The zero-order valence-electron chi connectivity index (χ0n) is 10.9. The number of hydrogen-bond acceptors (Lipinski definition) is 5. The Hall–Kier alpha value is -1.56. The summed E-state index contributed by atoms with van der Waals surface area (Å²) in [6.07, 6.45) is 4.17. The highest BCUT2D eigenvalue weighted by atomic mass is 16.5. The Labute approximate surface area is 106 Å². The van der Waals surface area contributed by atoms with Crippen molar-refractivity contribution in [3.05, 3.63) is 16.7 Å². The van der Waals surface area contributed by atoms with Crippen LogP contribution in [0.3, 0.4) is 0 Å². The third kappa shape index (κ3) is 4.03. The second-order valence-electron chi connectivity index (χ2n) is 4.16. The van der Waals surface area contributed by atoms with E-state index in [9.17, 15) is 4.79 Å².